The van der Waals surface area contributed by atoms with Gasteiger partial charge in [0.2, 0.25) is 0 Å². The van der Waals surface area contributed by atoms with Gasteiger partial charge in [-0.3, -0.25) is 9.78 Å². The van der Waals surface area contributed by atoms with Gasteiger partial charge in [0, 0.05) is 25.1 Å². The second-order valence-corrected chi connectivity index (χ2v) is 8.22. The molecule has 3 aromatic rings. The lowest BCUT2D eigenvalue weighted by Crippen LogP contribution is -2.11. The highest BCUT2D eigenvalue weighted by atomic mass is 16.1. The zero-order valence-corrected chi connectivity index (χ0v) is 18.5. The van der Waals surface area contributed by atoms with Crippen LogP contribution in [0.25, 0.3) is 5.65 Å². The Morgan fingerprint density at radius 2 is 2.03 bits per heavy atom. The first-order chi connectivity index (χ1) is 15.2. The molecule has 0 unspecified atom stereocenters. The van der Waals surface area contributed by atoms with Crippen LogP contribution in [0.3, 0.4) is 0 Å². The second kappa shape index (κ2) is 12.0. The van der Waals surface area contributed by atoms with Crippen LogP contribution in [0.1, 0.15) is 80.6 Å². The third-order valence-corrected chi connectivity index (χ3v) is 5.77. The zero-order valence-electron chi connectivity index (χ0n) is 18.5. The van der Waals surface area contributed by atoms with Gasteiger partial charge in [-0.1, -0.05) is 70.8 Å². The number of anilines is 1. The van der Waals surface area contributed by atoms with Crippen molar-refractivity contribution in [3.8, 4) is 0 Å². The van der Waals surface area contributed by atoms with Crippen LogP contribution in [-0.2, 0) is 6.54 Å². The van der Waals surface area contributed by atoms with E-state index in [1.807, 2.05) is 12.1 Å². The topological polar surface area (TPSA) is 98.2 Å². The molecule has 1 amide bonds. The summed E-state index contributed by atoms with van der Waals surface area (Å²) in [7, 11) is 0. The Morgan fingerprint density at radius 1 is 1.19 bits per heavy atom. The van der Waals surface area contributed by atoms with Gasteiger partial charge >= 0.3 is 0 Å². The molecule has 0 saturated heterocycles. The average Bonchev–Trinajstić information content (AvgIpc) is 3.23. The molecule has 1 saturated carbocycles. The molecule has 3 heterocycles. The van der Waals surface area contributed by atoms with E-state index in [4.69, 9.17) is 5.73 Å². The number of nitrogens with two attached hydrogens (primary N) is 1. The summed E-state index contributed by atoms with van der Waals surface area (Å²) in [6.07, 6.45) is 20.1. The van der Waals surface area contributed by atoms with Gasteiger partial charge in [-0.2, -0.15) is 5.10 Å². The zero-order chi connectivity index (χ0) is 21.9. The predicted octanol–water partition coefficient (Wildman–Crippen LogP) is 4.98. The molecule has 31 heavy (non-hydrogen) atoms. The molecule has 0 bridgehead atoms. The van der Waals surface area contributed by atoms with E-state index in [1.54, 1.807) is 24.7 Å². The van der Waals surface area contributed by atoms with Crippen molar-refractivity contribution < 1.29 is 4.79 Å². The van der Waals surface area contributed by atoms with Crippen molar-refractivity contribution >= 4 is 17.4 Å². The Labute approximate surface area is 184 Å². The number of hydrogen-bond acceptors (Lipinski definition) is 5. The molecule has 166 valence electrons. The van der Waals surface area contributed by atoms with Gasteiger partial charge in [0.05, 0.1) is 6.20 Å². The number of aromatic nitrogens is 4. The van der Waals surface area contributed by atoms with Crippen LogP contribution in [0.2, 0.25) is 0 Å². The van der Waals surface area contributed by atoms with Crippen molar-refractivity contribution in [1.29, 1.82) is 0 Å². The summed E-state index contributed by atoms with van der Waals surface area (Å²) in [5.74, 6) is 1.21. The molecular formula is C24H34N6O. The van der Waals surface area contributed by atoms with Crippen molar-refractivity contribution in [3.05, 3.63) is 54.1 Å². The van der Waals surface area contributed by atoms with Crippen LogP contribution in [0.5, 0.6) is 0 Å². The number of nitrogens with zero attached hydrogens (tertiary/aromatic N) is 4. The standard InChI is InChI=1S/C13H12N6O.C11H22/c14-12(20)10-8-17-19-5-3-11(18-13(10)19)16-7-9-2-1-4-15-6-9;1-2-3-5-8-11-9-6-4-7-10-11/h1-6,8H,7H2,(H2,14,20)(H,16,18);11H,2-10H2,1H3. The summed E-state index contributed by atoms with van der Waals surface area (Å²) in [6.45, 7) is 2.89. The number of carbonyl (C=O) groups is 1. The molecule has 1 aliphatic rings. The molecule has 7 nitrogen and oxygen atoms in total. The normalized spacial score (nSPS) is 14.1. The van der Waals surface area contributed by atoms with Gasteiger partial charge in [-0.05, 0) is 23.6 Å². The maximum absolute atomic E-state index is 11.3. The summed E-state index contributed by atoms with van der Waals surface area (Å²) >= 11 is 0. The molecule has 7 heteroatoms. The highest BCUT2D eigenvalue weighted by molar-refractivity contribution is 5.98. The molecule has 0 atom stereocenters. The van der Waals surface area contributed by atoms with Crippen LogP contribution in [0, 0.1) is 5.92 Å². The van der Waals surface area contributed by atoms with Gasteiger partial charge in [-0.25, -0.2) is 9.50 Å². The van der Waals surface area contributed by atoms with E-state index < -0.39 is 5.91 Å². The highest BCUT2D eigenvalue weighted by Crippen LogP contribution is 2.27. The van der Waals surface area contributed by atoms with Crippen LogP contribution in [0.15, 0.2) is 43.0 Å². The largest absolute Gasteiger partial charge is 0.366 e. The van der Waals surface area contributed by atoms with Crippen molar-refractivity contribution in [2.24, 2.45) is 11.7 Å². The fourth-order valence-corrected chi connectivity index (χ4v) is 4.00. The smallest absolute Gasteiger partial charge is 0.254 e. The molecule has 4 rings (SSSR count). The minimum Gasteiger partial charge on any atom is -0.366 e. The van der Waals surface area contributed by atoms with Gasteiger partial charge in [-0.15, -0.1) is 0 Å². The van der Waals surface area contributed by atoms with E-state index in [1.165, 1.54) is 68.5 Å². The third kappa shape index (κ3) is 7.05. The monoisotopic (exact) mass is 422 g/mol. The minimum absolute atomic E-state index is 0.301. The lowest BCUT2D eigenvalue weighted by atomic mass is 9.86. The van der Waals surface area contributed by atoms with Crippen molar-refractivity contribution in [2.45, 2.75) is 71.3 Å². The number of amides is 1. The predicted molar refractivity (Wildman–Crippen MR) is 124 cm³/mol. The Hall–Kier alpha value is -2.96. The Morgan fingerprint density at radius 3 is 2.74 bits per heavy atom. The fourth-order valence-electron chi connectivity index (χ4n) is 4.00. The molecular weight excluding hydrogens is 388 g/mol. The number of unbranched alkanes of at least 4 members (excludes halogenated alkanes) is 2. The Kier molecular flexibility index (Phi) is 8.82. The number of rotatable bonds is 8. The van der Waals surface area contributed by atoms with E-state index in [2.05, 4.69) is 27.3 Å². The van der Waals surface area contributed by atoms with Crippen LogP contribution < -0.4 is 11.1 Å². The molecule has 0 radical (unpaired) electrons. The number of nitrogens with one attached hydrogen (secondary N) is 1. The number of hydrogen-bond donors (Lipinski definition) is 2. The van der Waals surface area contributed by atoms with E-state index in [0.717, 1.165) is 11.5 Å². The quantitative estimate of drug-likeness (QED) is 0.499. The molecule has 1 fully saturated rings. The van der Waals surface area contributed by atoms with Gasteiger partial charge in [0.1, 0.15) is 11.4 Å². The second-order valence-electron chi connectivity index (χ2n) is 8.22. The minimum atomic E-state index is -0.545. The van der Waals surface area contributed by atoms with E-state index in [0.29, 0.717) is 23.6 Å². The SMILES string of the molecule is CCCCCC1CCCCC1.NC(=O)c1cnn2ccc(NCc3cccnc3)nc12. The van der Waals surface area contributed by atoms with Crippen molar-refractivity contribution in [2.75, 3.05) is 5.32 Å². The first kappa shape index (κ1) is 22.7. The van der Waals surface area contributed by atoms with Gasteiger partial charge in [0.25, 0.3) is 5.91 Å². The molecule has 0 spiro atoms. The van der Waals surface area contributed by atoms with Crippen molar-refractivity contribution in [1.82, 2.24) is 19.6 Å². The molecule has 0 aromatic carbocycles. The summed E-state index contributed by atoms with van der Waals surface area (Å²) in [4.78, 5) is 19.6. The number of primary amides is 1. The Bertz CT molecular complexity index is 934. The average molecular weight is 423 g/mol. The molecule has 1 aliphatic carbocycles. The van der Waals surface area contributed by atoms with E-state index in [9.17, 15) is 4.79 Å². The lowest BCUT2D eigenvalue weighted by molar-refractivity contribution is 0.100. The van der Waals surface area contributed by atoms with Crippen molar-refractivity contribution in [3.63, 3.8) is 0 Å². The number of pyridine rings is 1. The third-order valence-electron chi connectivity index (χ3n) is 5.77. The van der Waals surface area contributed by atoms with Crippen LogP contribution >= 0.6 is 0 Å². The highest BCUT2D eigenvalue weighted by Gasteiger charge is 2.12. The lowest BCUT2D eigenvalue weighted by Gasteiger charge is -2.20. The summed E-state index contributed by atoms with van der Waals surface area (Å²) in [6, 6.07) is 5.61. The maximum Gasteiger partial charge on any atom is 0.254 e. The summed E-state index contributed by atoms with van der Waals surface area (Å²) in [5, 5.41) is 7.18. The first-order valence-corrected chi connectivity index (χ1v) is 11.4. The van der Waals surface area contributed by atoms with Gasteiger partial charge in [0.15, 0.2) is 5.65 Å². The number of carbonyl (C=O) groups excluding carboxylic acids is 1. The molecule has 3 N–H and O–H groups in total. The maximum atomic E-state index is 11.3. The van der Waals surface area contributed by atoms with Crippen LogP contribution in [0.4, 0.5) is 5.82 Å². The van der Waals surface area contributed by atoms with Gasteiger partial charge < -0.3 is 11.1 Å². The Balaban J connectivity index is 0.000000210. The van der Waals surface area contributed by atoms with Crippen LogP contribution in [-0.4, -0.2) is 25.5 Å². The van der Waals surface area contributed by atoms with E-state index >= 15 is 0 Å². The summed E-state index contributed by atoms with van der Waals surface area (Å²) in [5.41, 5.74) is 7.06. The molecule has 0 aliphatic heterocycles. The fraction of sp³-hybridized carbons (Fsp3) is 0.500. The first-order valence-electron chi connectivity index (χ1n) is 11.4. The summed E-state index contributed by atoms with van der Waals surface area (Å²) < 4.78 is 1.51. The van der Waals surface area contributed by atoms with E-state index in [-0.39, 0.29) is 0 Å². The molecule has 3 aromatic heterocycles. The number of fused-ring (bicyclic) bond motifs is 1.